The molecule has 2 atom stereocenters. The SMILES string of the molecule is CCC(CC)C(=O)N1CC(=O)N2CC[C@@H](CC(=O)N3CCOCC3)[C@@H](/C=C\COc3ccccc3C1)C2. The van der Waals surface area contributed by atoms with E-state index in [1.807, 2.05) is 54.0 Å². The summed E-state index contributed by atoms with van der Waals surface area (Å²) >= 11 is 0. The summed E-state index contributed by atoms with van der Waals surface area (Å²) in [5.41, 5.74) is 0.897. The molecule has 3 amide bonds. The predicted octanol–water partition coefficient (Wildman–Crippen LogP) is 3.11. The van der Waals surface area contributed by atoms with Gasteiger partial charge in [0.15, 0.2) is 0 Å². The van der Waals surface area contributed by atoms with Crippen LogP contribution in [0.3, 0.4) is 0 Å². The Balaban J connectivity index is 1.55. The molecule has 2 fully saturated rings. The van der Waals surface area contributed by atoms with E-state index >= 15 is 0 Å². The van der Waals surface area contributed by atoms with Crippen molar-refractivity contribution in [1.82, 2.24) is 14.7 Å². The Kier molecular flexibility index (Phi) is 9.61. The first-order chi connectivity index (χ1) is 18.0. The van der Waals surface area contributed by atoms with Crippen molar-refractivity contribution >= 4 is 17.7 Å². The lowest BCUT2D eigenvalue weighted by Gasteiger charge is -2.39. The number of carbonyl (C=O) groups is 3. The van der Waals surface area contributed by atoms with Crippen LogP contribution in [0.15, 0.2) is 36.4 Å². The summed E-state index contributed by atoms with van der Waals surface area (Å²) in [5.74, 6) is 0.987. The summed E-state index contributed by atoms with van der Waals surface area (Å²) in [4.78, 5) is 45.4. The quantitative estimate of drug-likeness (QED) is 0.568. The van der Waals surface area contributed by atoms with Crippen LogP contribution in [0.1, 0.15) is 45.1 Å². The van der Waals surface area contributed by atoms with E-state index in [2.05, 4.69) is 6.08 Å². The summed E-state index contributed by atoms with van der Waals surface area (Å²) in [6.07, 6.45) is 6.84. The Bertz CT molecular complexity index is 970. The van der Waals surface area contributed by atoms with E-state index in [1.165, 1.54) is 0 Å². The fourth-order valence-corrected chi connectivity index (χ4v) is 5.61. The topological polar surface area (TPSA) is 79.4 Å². The van der Waals surface area contributed by atoms with Gasteiger partial charge in [0.25, 0.3) is 0 Å². The molecule has 0 spiro atoms. The van der Waals surface area contributed by atoms with Crippen molar-refractivity contribution in [2.75, 3.05) is 52.5 Å². The molecule has 37 heavy (non-hydrogen) atoms. The lowest BCUT2D eigenvalue weighted by molar-refractivity contribution is -0.145. The number of ether oxygens (including phenoxy) is 2. The molecule has 0 N–H and O–H groups in total. The van der Waals surface area contributed by atoms with Crippen molar-refractivity contribution in [2.24, 2.45) is 17.8 Å². The molecule has 3 heterocycles. The minimum atomic E-state index is -0.108. The highest BCUT2D eigenvalue weighted by Gasteiger charge is 2.34. The third-order valence-electron chi connectivity index (χ3n) is 7.98. The highest BCUT2D eigenvalue weighted by Crippen LogP contribution is 2.30. The Labute approximate surface area is 220 Å². The first-order valence-electron chi connectivity index (χ1n) is 13.8. The van der Waals surface area contributed by atoms with E-state index in [9.17, 15) is 14.4 Å². The first-order valence-corrected chi connectivity index (χ1v) is 13.8. The van der Waals surface area contributed by atoms with Gasteiger partial charge in [0, 0.05) is 50.6 Å². The Morgan fingerprint density at radius 2 is 1.78 bits per heavy atom. The highest BCUT2D eigenvalue weighted by atomic mass is 16.5. The molecular formula is C29H41N3O5. The van der Waals surface area contributed by atoms with Gasteiger partial charge >= 0.3 is 0 Å². The fourth-order valence-electron chi connectivity index (χ4n) is 5.61. The molecule has 0 unspecified atom stereocenters. The number of carbonyl (C=O) groups excluding carboxylic acids is 3. The van der Waals surface area contributed by atoms with E-state index in [0.29, 0.717) is 59.0 Å². The fraction of sp³-hybridized carbons (Fsp3) is 0.621. The third kappa shape index (κ3) is 6.92. The van der Waals surface area contributed by atoms with Gasteiger partial charge in [-0.1, -0.05) is 44.2 Å². The molecule has 8 nitrogen and oxygen atoms in total. The zero-order valence-corrected chi connectivity index (χ0v) is 22.3. The average Bonchev–Trinajstić information content (AvgIpc) is 2.93. The molecule has 2 saturated heterocycles. The monoisotopic (exact) mass is 511 g/mol. The summed E-state index contributed by atoms with van der Waals surface area (Å²) in [6, 6.07) is 7.73. The van der Waals surface area contributed by atoms with Gasteiger partial charge in [-0.05, 0) is 37.2 Å². The van der Waals surface area contributed by atoms with Crippen molar-refractivity contribution in [3.63, 3.8) is 0 Å². The maximum absolute atomic E-state index is 13.5. The van der Waals surface area contributed by atoms with Gasteiger partial charge in [-0.2, -0.15) is 0 Å². The smallest absolute Gasteiger partial charge is 0.242 e. The van der Waals surface area contributed by atoms with E-state index in [0.717, 1.165) is 30.6 Å². The predicted molar refractivity (Wildman–Crippen MR) is 141 cm³/mol. The van der Waals surface area contributed by atoms with Crippen LogP contribution in [0.25, 0.3) is 0 Å². The second-order valence-corrected chi connectivity index (χ2v) is 10.3. The van der Waals surface area contributed by atoms with Gasteiger partial charge in [0.1, 0.15) is 18.9 Å². The average molecular weight is 512 g/mol. The molecule has 4 rings (SSSR count). The number of benzene rings is 1. The molecule has 2 bridgehead atoms. The van der Waals surface area contributed by atoms with Gasteiger partial charge in [0.05, 0.1) is 13.2 Å². The molecule has 0 saturated carbocycles. The Morgan fingerprint density at radius 3 is 2.54 bits per heavy atom. The molecule has 3 aliphatic heterocycles. The van der Waals surface area contributed by atoms with Gasteiger partial charge < -0.3 is 24.2 Å². The number of amides is 3. The van der Waals surface area contributed by atoms with Crippen LogP contribution >= 0.6 is 0 Å². The van der Waals surface area contributed by atoms with Crippen LogP contribution in [0.2, 0.25) is 0 Å². The zero-order valence-electron chi connectivity index (χ0n) is 22.3. The van der Waals surface area contributed by atoms with Gasteiger partial charge in [-0.25, -0.2) is 0 Å². The largest absolute Gasteiger partial charge is 0.489 e. The van der Waals surface area contributed by atoms with Crippen LogP contribution in [-0.4, -0.2) is 85.0 Å². The molecular weight excluding hydrogens is 470 g/mol. The number of nitrogens with zero attached hydrogens (tertiary/aromatic N) is 3. The molecule has 0 radical (unpaired) electrons. The van der Waals surface area contributed by atoms with Crippen LogP contribution in [0, 0.1) is 17.8 Å². The van der Waals surface area contributed by atoms with Gasteiger partial charge in [-0.15, -0.1) is 0 Å². The number of hydrogen-bond donors (Lipinski definition) is 0. The van der Waals surface area contributed by atoms with Crippen molar-refractivity contribution in [2.45, 2.75) is 46.1 Å². The maximum Gasteiger partial charge on any atom is 0.242 e. The third-order valence-corrected chi connectivity index (χ3v) is 7.98. The van der Waals surface area contributed by atoms with E-state index in [4.69, 9.17) is 9.47 Å². The van der Waals surface area contributed by atoms with Gasteiger partial charge in [0.2, 0.25) is 17.7 Å². The number of fused-ring (bicyclic) bond motifs is 3. The van der Waals surface area contributed by atoms with Gasteiger partial charge in [-0.3, -0.25) is 14.4 Å². The normalized spacial score (nSPS) is 23.9. The Hall–Kier alpha value is -2.87. The highest BCUT2D eigenvalue weighted by molar-refractivity contribution is 5.86. The number of morpholine rings is 1. The molecule has 0 aromatic heterocycles. The molecule has 3 aliphatic rings. The summed E-state index contributed by atoms with van der Waals surface area (Å²) < 4.78 is 11.5. The minimum absolute atomic E-state index is 0.0173. The Morgan fingerprint density at radius 1 is 1.03 bits per heavy atom. The first kappa shape index (κ1) is 27.2. The van der Waals surface area contributed by atoms with Crippen molar-refractivity contribution < 1.29 is 23.9 Å². The lowest BCUT2D eigenvalue weighted by atomic mass is 9.82. The maximum atomic E-state index is 13.5. The van der Waals surface area contributed by atoms with Crippen LogP contribution in [0.5, 0.6) is 5.75 Å². The number of para-hydroxylation sites is 1. The van der Waals surface area contributed by atoms with E-state index in [-0.39, 0.29) is 42.0 Å². The summed E-state index contributed by atoms with van der Waals surface area (Å²) in [5, 5.41) is 0. The minimum Gasteiger partial charge on any atom is -0.489 e. The molecule has 1 aromatic carbocycles. The number of hydrogen-bond acceptors (Lipinski definition) is 5. The van der Waals surface area contributed by atoms with E-state index < -0.39 is 0 Å². The van der Waals surface area contributed by atoms with Crippen molar-refractivity contribution in [3.8, 4) is 5.75 Å². The van der Waals surface area contributed by atoms with E-state index in [1.54, 1.807) is 4.90 Å². The van der Waals surface area contributed by atoms with Crippen molar-refractivity contribution in [1.29, 1.82) is 0 Å². The second-order valence-electron chi connectivity index (χ2n) is 10.3. The molecule has 202 valence electrons. The van der Waals surface area contributed by atoms with Crippen LogP contribution in [0.4, 0.5) is 0 Å². The van der Waals surface area contributed by atoms with Crippen molar-refractivity contribution in [3.05, 3.63) is 42.0 Å². The lowest BCUT2D eigenvalue weighted by Crippen LogP contribution is -2.49. The number of piperidine rings is 1. The zero-order chi connectivity index (χ0) is 26.2. The number of rotatable bonds is 5. The standard InChI is InChI=1S/C29H41N3O5/c1-3-22(4-2)29(35)32-20-25-8-5-6-10-26(25)37-15-7-9-24-19-31(28(34)21-32)12-11-23(24)18-27(33)30-13-16-36-17-14-30/h5-10,22-24H,3-4,11-21H2,1-2H3/b9-7-/t23-,24-/m0/s1. The molecule has 1 aromatic rings. The molecule has 0 aliphatic carbocycles. The molecule has 8 heteroatoms. The van der Waals surface area contributed by atoms with Crippen LogP contribution in [-0.2, 0) is 25.7 Å². The summed E-state index contributed by atoms with van der Waals surface area (Å²) in [6.45, 7) is 8.45. The second kappa shape index (κ2) is 13.1. The summed E-state index contributed by atoms with van der Waals surface area (Å²) in [7, 11) is 0. The van der Waals surface area contributed by atoms with Crippen LogP contribution < -0.4 is 4.74 Å².